The van der Waals surface area contributed by atoms with E-state index in [9.17, 15) is 9.59 Å². The molecule has 144 valence electrons. The SMILES string of the molecule is CCC(C)C(C(=O)OCC(=O)Nc1c(C)cc(C)cc1Cl)c1ccccc1. The van der Waals surface area contributed by atoms with E-state index >= 15 is 0 Å². The van der Waals surface area contributed by atoms with Crippen LogP contribution in [0.5, 0.6) is 0 Å². The second-order valence-electron chi connectivity index (χ2n) is 6.87. The first kappa shape index (κ1) is 21.0. The van der Waals surface area contributed by atoms with E-state index in [0.717, 1.165) is 23.1 Å². The zero-order chi connectivity index (χ0) is 20.0. The third-order valence-electron chi connectivity index (χ3n) is 4.67. The van der Waals surface area contributed by atoms with Gasteiger partial charge in [-0.25, -0.2) is 0 Å². The minimum atomic E-state index is -0.409. The maximum absolute atomic E-state index is 12.7. The highest BCUT2D eigenvalue weighted by Gasteiger charge is 2.27. The molecular formula is C22H26ClNO3. The van der Waals surface area contributed by atoms with Gasteiger partial charge in [0.05, 0.1) is 16.6 Å². The molecule has 4 nitrogen and oxygen atoms in total. The second-order valence-corrected chi connectivity index (χ2v) is 7.28. The molecule has 0 radical (unpaired) electrons. The Kier molecular flexibility index (Phi) is 7.43. The molecule has 0 aliphatic heterocycles. The molecule has 1 N–H and O–H groups in total. The van der Waals surface area contributed by atoms with E-state index in [1.54, 1.807) is 6.07 Å². The van der Waals surface area contributed by atoms with Crippen molar-refractivity contribution in [1.82, 2.24) is 0 Å². The van der Waals surface area contributed by atoms with Crippen LogP contribution in [0.25, 0.3) is 0 Å². The Labute approximate surface area is 165 Å². The van der Waals surface area contributed by atoms with Crippen molar-refractivity contribution in [2.24, 2.45) is 5.92 Å². The molecule has 0 saturated carbocycles. The zero-order valence-corrected chi connectivity index (χ0v) is 17.0. The van der Waals surface area contributed by atoms with E-state index in [2.05, 4.69) is 5.32 Å². The summed E-state index contributed by atoms with van der Waals surface area (Å²) >= 11 is 6.21. The lowest BCUT2D eigenvalue weighted by molar-refractivity contribution is -0.150. The molecule has 0 fully saturated rings. The van der Waals surface area contributed by atoms with Crippen molar-refractivity contribution in [1.29, 1.82) is 0 Å². The standard InChI is InChI=1S/C22H26ClNO3/c1-5-15(3)20(17-9-7-6-8-10-17)22(26)27-13-19(25)24-21-16(4)11-14(2)12-18(21)23/h6-12,15,20H,5,13H2,1-4H3,(H,24,25). The van der Waals surface area contributed by atoms with Crippen LogP contribution in [0.4, 0.5) is 5.69 Å². The molecule has 0 aromatic heterocycles. The highest BCUT2D eigenvalue weighted by Crippen LogP contribution is 2.29. The van der Waals surface area contributed by atoms with Crippen molar-refractivity contribution in [3.63, 3.8) is 0 Å². The number of benzene rings is 2. The number of anilines is 1. The summed E-state index contributed by atoms with van der Waals surface area (Å²) in [6.07, 6.45) is 0.832. The van der Waals surface area contributed by atoms with Gasteiger partial charge < -0.3 is 10.1 Å². The van der Waals surface area contributed by atoms with E-state index in [1.165, 1.54) is 0 Å². The van der Waals surface area contributed by atoms with Gasteiger partial charge in [-0.2, -0.15) is 0 Å². The van der Waals surface area contributed by atoms with Gasteiger partial charge in [0.15, 0.2) is 6.61 Å². The number of nitrogens with one attached hydrogen (secondary N) is 1. The van der Waals surface area contributed by atoms with E-state index in [-0.39, 0.29) is 12.5 Å². The van der Waals surface area contributed by atoms with Crippen LogP contribution in [-0.2, 0) is 14.3 Å². The first-order chi connectivity index (χ1) is 12.8. The summed E-state index contributed by atoms with van der Waals surface area (Å²) in [4.78, 5) is 24.9. The lowest BCUT2D eigenvalue weighted by atomic mass is 9.86. The van der Waals surface area contributed by atoms with Gasteiger partial charge in [-0.05, 0) is 42.5 Å². The Balaban J connectivity index is 2.04. The van der Waals surface area contributed by atoms with Gasteiger partial charge in [-0.3, -0.25) is 9.59 Å². The molecule has 0 aliphatic rings. The van der Waals surface area contributed by atoms with E-state index < -0.39 is 17.8 Å². The number of carbonyl (C=O) groups excluding carboxylic acids is 2. The number of amides is 1. The fourth-order valence-corrected chi connectivity index (χ4v) is 3.44. The fourth-order valence-electron chi connectivity index (χ4n) is 3.07. The molecule has 5 heteroatoms. The maximum atomic E-state index is 12.7. The summed E-state index contributed by atoms with van der Waals surface area (Å²) < 4.78 is 5.32. The largest absolute Gasteiger partial charge is 0.455 e. The van der Waals surface area contributed by atoms with Crippen molar-refractivity contribution in [3.05, 3.63) is 64.2 Å². The summed E-state index contributed by atoms with van der Waals surface area (Å²) in [5.41, 5.74) is 3.32. The summed E-state index contributed by atoms with van der Waals surface area (Å²) in [6.45, 7) is 7.50. The molecule has 2 rings (SSSR count). The number of carbonyl (C=O) groups is 2. The maximum Gasteiger partial charge on any atom is 0.314 e. The predicted molar refractivity (Wildman–Crippen MR) is 109 cm³/mol. The molecule has 0 bridgehead atoms. The average Bonchev–Trinajstić information content (AvgIpc) is 2.63. The lowest BCUT2D eigenvalue weighted by Crippen LogP contribution is -2.27. The fraction of sp³-hybridized carbons (Fsp3) is 0.364. The van der Waals surface area contributed by atoms with Gasteiger partial charge in [0.25, 0.3) is 5.91 Å². The normalized spacial score (nSPS) is 12.9. The van der Waals surface area contributed by atoms with Crippen LogP contribution >= 0.6 is 11.6 Å². The van der Waals surface area contributed by atoms with Crippen LogP contribution in [0.1, 0.15) is 42.9 Å². The van der Waals surface area contributed by atoms with E-state index in [0.29, 0.717) is 10.7 Å². The van der Waals surface area contributed by atoms with E-state index in [1.807, 2.05) is 64.1 Å². The van der Waals surface area contributed by atoms with Gasteiger partial charge in [0, 0.05) is 0 Å². The highest BCUT2D eigenvalue weighted by atomic mass is 35.5. The number of hydrogen-bond acceptors (Lipinski definition) is 3. The zero-order valence-electron chi connectivity index (χ0n) is 16.2. The molecule has 2 aromatic carbocycles. The first-order valence-electron chi connectivity index (χ1n) is 9.11. The highest BCUT2D eigenvalue weighted by molar-refractivity contribution is 6.34. The Hall–Kier alpha value is -2.33. The lowest BCUT2D eigenvalue weighted by Gasteiger charge is -2.22. The van der Waals surface area contributed by atoms with Crippen LogP contribution < -0.4 is 5.32 Å². The Morgan fingerprint density at radius 2 is 1.81 bits per heavy atom. The number of ether oxygens (including phenoxy) is 1. The molecule has 0 spiro atoms. The van der Waals surface area contributed by atoms with Crippen LogP contribution in [0.15, 0.2) is 42.5 Å². The molecule has 27 heavy (non-hydrogen) atoms. The van der Waals surface area contributed by atoms with Gasteiger partial charge >= 0.3 is 5.97 Å². The first-order valence-corrected chi connectivity index (χ1v) is 9.49. The van der Waals surface area contributed by atoms with Crippen molar-refractivity contribution >= 4 is 29.2 Å². The molecule has 0 aliphatic carbocycles. The minimum absolute atomic E-state index is 0.108. The van der Waals surface area contributed by atoms with Crippen molar-refractivity contribution in [3.8, 4) is 0 Å². The topological polar surface area (TPSA) is 55.4 Å². The van der Waals surface area contributed by atoms with E-state index in [4.69, 9.17) is 16.3 Å². The van der Waals surface area contributed by atoms with Crippen molar-refractivity contribution < 1.29 is 14.3 Å². The van der Waals surface area contributed by atoms with Crippen LogP contribution in [0, 0.1) is 19.8 Å². The quantitative estimate of drug-likeness (QED) is 0.658. The number of halogens is 1. The molecule has 0 saturated heterocycles. The summed E-state index contributed by atoms with van der Waals surface area (Å²) in [7, 11) is 0. The molecule has 2 aromatic rings. The van der Waals surface area contributed by atoms with Crippen molar-refractivity contribution in [2.45, 2.75) is 40.0 Å². The Bertz CT molecular complexity index is 781. The minimum Gasteiger partial charge on any atom is -0.455 e. The average molecular weight is 388 g/mol. The Morgan fingerprint density at radius 3 is 2.41 bits per heavy atom. The third-order valence-corrected chi connectivity index (χ3v) is 4.97. The number of hydrogen-bond donors (Lipinski definition) is 1. The molecule has 0 heterocycles. The van der Waals surface area contributed by atoms with Gasteiger partial charge in [0.1, 0.15) is 0 Å². The molecular weight excluding hydrogens is 362 g/mol. The van der Waals surface area contributed by atoms with Crippen LogP contribution in [0.3, 0.4) is 0 Å². The van der Waals surface area contributed by atoms with Crippen LogP contribution in [0.2, 0.25) is 5.02 Å². The van der Waals surface area contributed by atoms with Crippen molar-refractivity contribution in [2.75, 3.05) is 11.9 Å². The summed E-state index contributed by atoms with van der Waals surface area (Å²) in [6, 6.07) is 13.2. The number of esters is 1. The number of aryl methyl sites for hydroxylation is 2. The van der Waals surface area contributed by atoms with Gasteiger partial charge in [0.2, 0.25) is 0 Å². The molecule has 1 amide bonds. The Morgan fingerprint density at radius 1 is 1.15 bits per heavy atom. The smallest absolute Gasteiger partial charge is 0.314 e. The summed E-state index contributed by atoms with van der Waals surface area (Å²) in [5.74, 6) is -1.09. The van der Waals surface area contributed by atoms with Gasteiger partial charge in [-0.15, -0.1) is 0 Å². The molecule has 2 unspecified atom stereocenters. The molecule has 2 atom stereocenters. The second kappa shape index (κ2) is 9.56. The monoisotopic (exact) mass is 387 g/mol. The summed E-state index contributed by atoms with van der Waals surface area (Å²) in [5, 5.41) is 3.20. The predicted octanol–water partition coefficient (Wildman–Crippen LogP) is 5.27. The third kappa shape index (κ3) is 5.57. The van der Waals surface area contributed by atoms with Gasteiger partial charge in [-0.1, -0.05) is 68.3 Å². The van der Waals surface area contributed by atoms with Crippen LogP contribution in [-0.4, -0.2) is 18.5 Å². The number of rotatable bonds is 7.